The topological polar surface area (TPSA) is 162 Å². The van der Waals surface area contributed by atoms with Gasteiger partial charge in [0.15, 0.2) is 16.7 Å². The number of rotatable bonds is 10. The van der Waals surface area contributed by atoms with Crippen LogP contribution in [-0.4, -0.2) is 54.9 Å². The molecule has 35 heavy (non-hydrogen) atoms. The van der Waals surface area contributed by atoms with Gasteiger partial charge in [0.1, 0.15) is 19.0 Å². The van der Waals surface area contributed by atoms with Gasteiger partial charge in [-0.3, -0.25) is 10.1 Å². The van der Waals surface area contributed by atoms with Gasteiger partial charge in [0.2, 0.25) is 0 Å². The van der Waals surface area contributed by atoms with E-state index in [4.69, 9.17) is 9.47 Å². The molecule has 0 bridgehead atoms. The molecule has 0 unspecified atom stereocenters. The number of halogens is 5. The number of benzene rings is 2. The summed E-state index contributed by atoms with van der Waals surface area (Å²) in [6, 6.07) is 5.99. The molecule has 0 radical (unpaired) electrons. The summed E-state index contributed by atoms with van der Waals surface area (Å²) in [6.07, 6.45) is 0. The molecule has 0 aliphatic heterocycles. The van der Waals surface area contributed by atoms with Crippen LogP contribution in [0.25, 0.3) is 0 Å². The molecule has 0 saturated carbocycles. The van der Waals surface area contributed by atoms with Crippen LogP contribution in [0.15, 0.2) is 30.3 Å². The van der Waals surface area contributed by atoms with E-state index in [9.17, 15) is 41.5 Å². The lowest BCUT2D eigenvalue weighted by Crippen LogP contribution is -2.35. The number of nitro benzene ring substituents is 1. The number of hydrogen-bond acceptors (Lipinski definition) is 10. The van der Waals surface area contributed by atoms with Crippen molar-refractivity contribution >= 4 is 95.5 Å². The molecule has 0 aromatic heterocycles. The molecule has 0 amide bonds. The average molecular weight is 852 g/mol. The molecule has 0 atom stereocenters. The van der Waals surface area contributed by atoms with Gasteiger partial charge < -0.3 is 18.8 Å². The normalized spacial score (nSPS) is 11.6. The molecule has 2 aromatic rings. The maximum absolute atomic E-state index is 13.3. The molecule has 2 aromatic carbocycles. The molecule has 0 spiro atoms. The van der Waals surface area contributed by atoms with Crippen molar-refractivity contribution in [2.24, 2.45) is 0 Å². The zero-order chi connectivity index (χ0) is 26.6. The minimum absolute atomic E-state index is 0.0985. The maximum atomic E-state index is 13.3. The molecule has 2 rings (SSSR count). The minimum Gasteiger partial charge on any atom is -0.743 e. The van der Waals surface area contributed by atoms with Crippen molar-refractivity contribution in [2.45, 2.75) is 5.25 Å². The van der Waals surface area contributed by atoms with Gasteiger partial charge in [-0.15, -0.1) is 0 Å². The van der Waals surface area contributed by atoms with Crippen molar-refractivity contribution in [1.82, 2.24) is 0 Å². The Labute approximate surface area is 237 Å². The van der Waals surface area contributed by atoms with Crippen LogP contribution < -0.4 is 4.74 Å². The van der Waals surface area contributed by atoms with Crippen molar-refractivity contribution in [1.29, 1.82) is 0 Å². The van der Waals surface area contributed by atoms with Crippen LogP contribution in [-0.2, 0) is 19.6 Å². The molecule has 0 N–H and O–H groups in total. The molecular weight excluding hydrogens is 841 g/mol. The van der Waals surface area contributed by atoms with E-state index >= 15 is 0 Å². The van der Waals surface area contributed by atoms with Gasteiger partial charge in [-0.2, -0.15) is 8.78 Å². The molecule has 0 saturated heterocycles. The predicted molar refractivity (Wildman–Crippen MR) is 138 cm³/mol. The molecular formula is C18H11F2I3NO10S-. The largest absolute Gasteiger partial charge is 0.743 e. The summed E-state index contributed by atoms with van der Waals surface area (Å²) >= 11 is 6.26. The second-order valence-electron chi connectivity index (χ2n) is 6.34. The Balaban J connectivity index is 2.15. The Kier molecular flexibility index (Phi) is 10.4. The molecule has 0 fully saturated rings. The van der Waals surface area contributed by atoms with E-state index in [1.165, 1.54) is 0 Å². The first-order valence-corrected chi connectivity index (χ1v) is 13.5. The number of ether oxygens (including phenoxy) is 3. The van der Waals surface area contributed by atoms with E-state index in [0.717, 1.165) is 22.8 Å². The van der Waals surface area contributed by atoms with Crippen LogP contribution in [0.3, 0.4) is 0 Å². The summed E-state index contributed by atoms with van der Waals surface area (Å²) in [7, 11) is -6.15. The predicted octanol–water partition coefficient (Wildman–Crippen LogP) is 3.94. The monoisotopic (exact) mass is 852 g/mol. The smallest absolute Gasteiger partial charge is 0.367 e. The highest BCUT2D eigenvalue weighted by atomic mass is 127. The van der Waals surface area contributed by atoms with Gasteiger partial charge in [-0.1, -0.05) is 0 Å². The fourth-order valence-corrected chi connectivity index (χ4v) is 6.41. The van der Waals surface area contributed by atoms with Gasteiger partial charge in [-0.05, 0) is 86.0 Å². The van der Waals surface area contributed by atoms with Crippen LogP contribution in [0.2, 0.25) is 0 Å². The van der Waals surface area contributed by atoms with Crippen LogP contribution in [0.4, 0.5) is 14.5 Å². The second-order valence-corrected chi connectivity index (χ2v) is 11.4. The van der Waals surface area contributed by atoms with Crippen molar-refractivity contribution in [3.05, 3.63) is 62.3 Å². The third-order valence-electron chi connectivity index (χ3n) is 3.92. The Morgan fingerprint density at radius 3 is 2.09 bits per heavy atom. The maximum Gasteiger partial charge on any atom is 0.367 e. The lowest BCUT2D eigenvalue weighted by atomic mass is 10.1. The molecule has 11 nitrogen and oxygen atoms in total. The van der Waals surface area contributed by atoms with E-state index in [1.54, 1.807) is 0 Å². The number of carbonyl (C=O) groups excluding carboxylic acids is 2. The Morgan fingerprint density at radius 1 is 0.971 bits per heavy atom. The first-order chi connectivity index (χ1) is 16.1. The lowest BCUT2D eigenvalue weighted by Gasteiger charge is -2.19. The number of nitro groups is 1. The fourth-order valence-electron chi connectivity index (χ4n) is 2.31. The van der Waals surface area contributed by atoms with E-state index in [-0.39, 0.29) is 13.2 Å². The van der Waals surface area contributed by atoms with Crippen LogP contribution in [0.1, 0.15) is 20.7 Å². The summed E-state index contributed by atoms with van der Waals surface area (Å²) in [5, 5.41) is 6.05. The average Bonchev–Trinajstić information content (AvgIpc) is 2.74. The van der Waals surface area contributed by atoms with E-state index in [2.05, 4.69) is 72.5 Å². The highest BCUT2D eigenvalue weighted by Crippen LogP contribution is 2.29. The zero-order valence-electron chi connectivity index (χ0n) is 16.8. The van der Waals surface area contributed by atoms with Gasteiger partial charge in [0, 0.05) is 15.7 Å². The number of carbonyl (C=O) groups is 2. The van der Waals surface area contributed by atoms with Crippen molar-refractivity contribution < 1.29 is 50.5 Å². The van der Waals surface area contributed by atoms with Gasteiger partial charge in [0.05, 0.1) is 23.2 Å². The van der Waals surface area contributed by atoms with Crippen LogP contribution in [0, 0.1) is 20.8 Å². The molecule has 0 aliphatic rings. The second kappa shape index (κ2) is 12.2. The number of nitrogens with zero attached hydrogens (tertiary/aromatic N) is 1. The standard InChI is InChI=1S/C18H12F2I3NO10S/c19-18(20,35(29,30)31)8-34-17(26)12-7-10(24(27)28)1-2-11(12)16(25)33-4-3-32-15-13(22)5-9(21)6-14(15)23/h1-2,5-7H,3-4,8H2,(H,29,30,31)/p-1. The van der Waals surface area contributed by atoms with E-state index < -0.39 is 55.7 Å². The van der Waals surface area contributed by atoms with Crippen molar-refractivity contribution in [3.63, 3.8) is 0 Å². The Morgan fingerprint density at radius 2 is 1.54 bits per heavy atom. The minimum atomic E-state index is -6.15. The summed E-state index contributed by atoms with van der Waals surface area (Å²) in [5.74, 6) is -2.31. The molecule has 17 heteroatoms. The first-order valence-electron chi connectivity index (χ1n) is 8.87. The molecule has 0 aliphatic carbocycles. The van der Waals surface area contributed by atoms with Crippen molar-refractivity contribution in [3.8, 4) is 5.75 Å². The fraction of sp³-hybridized carbons (Fsp3) is 0.222. The van der Waals surface area contributed by atoms with Gasteiger partial charge in [-0.25, -0.2) is 18.0 Å². The Bertz CT molecular complexity index is 1250. The van der Waals surface area contributed by atoms with Gasteiger partial charge in [0.25, 0.3) is 5.69 Å². The number of hydrogen-bond donors (Lipinski definition) is 0. The number of esters is 2. The summed E-state index contributed by atoms with van der Waals surface area (Å²) in [6.45, 7) is -2.57. The summed E-state index contributed by atoms with van der Waals surface area (Å²) in [4.78, 5) is 34.7. The molecule has 190 valence electrons. The van der Waals surface area contributed by atoms with Crippen molar-refractivity contribution in [2.75, 3.05) is 19.8 Å². The van der Waals surface area contributed by atoms with Gasteiger partial charge >= 0.3 is 17.2 Å². The van der Waals surface area contributed by atoms with E-state index in [0.29, 0.717) is 11.8 Å². The third-order valence-corrected chi connectivity index (χ3v) is 6.99. The SMILES string of the molecule is O=C(OCCOc1c(I)cc(I)cc1I)c1ccc([N+](=O)[O-])cc1C(=O)OCC(F)(F)S(=O)(=O)[O-]. The highest BCUT2D eigenvalue weighted by Gasteiger charge is 2.40. The first kappa shape index (κ1) is 29.8. The zero-order valence-corrected chi connectivity index (χ0v) is 24.1. The van der Waals surface area contributed by atoms with Crippen LogP contribution in [0.5, 0.6) is 5.75 Å². The Hall–Kier alpha value is -1.46. The third kappa shape index (κ3) is 8.01. The summed E-state index contributed by atoms with van der Waals surface area (Å²) in [5.41, 5.74) is -2.11. The van der Waals surface area contributed by atoms with E-state index in [1.807, 2.05) is 12.1 Å². The number of non-ortho nitro benzene ring substituents is 1. The number of alkyl halides is 2. The molecule has 0 heterocycles. The lowest BCUT2D eigenvalue weighted by molar-refractivity contribution is -0.384. The quantitative estimate of drug-likeness (QED) is 0.0856. The van der Waals surface area contributed by atoms with Crippen LogP contribution >= 0.6 is 67.8 Å². The highest BCUT2D eigenvalue weighted by molar-refractivity contribution is 14.1. The summed E-state index contributed by atoms with van der Waals surface area (Å²) < 4.78 is 75.6.